The highest BCUT2D eigenvalue weighted by Gasteiger charge is 2.23. The van der Waals surface area contributed by atoms with E-state index in [1.807, 2.05) is 16.8 Å². The van der Waals surface area contributed by atoms with E-state index in [1.165, 1.54) is 12.4 Å². The summed E-state index contributed by atoms with van der Waals surface area (Å²) in [5, 5.41) is 1.98. The lowest BCUT2D eigenvalue weighted by Crippen LogP contribution is -2.56. The van der Waals surface area contributed by atoms with E-state index in [4.69, 9.17) is 9.47 Å². The van der Waals surface area contributed by atoms with Gasteiger partial charge in [0.25, 0.3) is 0 Å². The van der Waals surface area contributed by atoms with Crippen molar-refractivity contribution in [2.75, 3.05) is 46.0 Å². The molecule has 0 aromatic heterocycles. The van der Waals surface area contributed by atoms with Crippen molar-refractivity contribution in [3.05, 3.63) is 5.95 Å². The number of carbonyl (C=O) groups is 2. The molecule has 1 N–H and O–H groups in total. The predicted molar refractivity (Wildman–Crippen MR) is 93.3 cm³/mol. The molecule has 9 nitrogen and oxygen atoms in total. The van der Waals surface area contributed by atoms with Gasteiger partial charge in [-0.2, -0.15) is 0 Å². The number of urea groups is 1. The average Bonchev–Trinajstić information content (AvgIpc) is 2.66. The minimum Gasteiger partial charge on any atom is -0.440 e. The zero-order chi connectivity index (χ0) is 18.8. The first-order valence-corrected chi connectivity index (χ1v) is 9.23. The Bertz CT molecular complexity index is 521. The molecule has 2 aliphatic rings. The Labute approximate surface area is 153 Å². The van der Waals surface area contributed by atoms with Crippen molar-refractivity contribution in [3.63, 3.8) is 0 Å². The Hall–Kier alpha value is -2.09. The van der Waals surface area contributed by atoms with Crippen molar-refractivity contribution in [3.8, 4) is 0 Å². The molecule has 2 amide bonds. The van der Waals surface area contributed by atoms with Gasteiger partial charge in [0.15, 0.2) is 0 Å². The fourth-order valence-electron chi connectivity index (χ4n) is 2.88. The largest absolute Gasteiger partial charge is 0.440 e. The van der Waals surface area contributed by atoms with Crippen molar-refractivity contribution in [2.24, 2.45) is 0 Å². The minimum absolute atomic E-state index is 0.0746. The molecule has 0 atom stereocenters. The molecule has 0 aliphatic carbocycles. The van der Waals surface area contributed by atoms with Crippen molar-refractivity contribution in [1.82, 2.24) is 20.2 Å². The summed E-state index contributed by atoms with van der Waals surface area (Å²) in [4.78, 5) is 38.2. The molecule has 0 bridgehead atoms. The van der Waals surface area contributed by atoms with Gasteiger partial charge in [0, 0.05) is 45.7 Å². The van der Waals surface area contributed by atoms with E-state index in [1.54, 1.807) is 4.90 Å². The molecule has 0 saturated carbocycles. The molecule has 0 unspecified atom stereocenters. The number of piperidine rings is 1. The number of carbonyl (C=O) groups excluding carboxylic acids is 3. The van der Waals surface area contributed by atoms with Crippen LogP contribution in [0.1, 0.15) is 39.0 Å². The Balaban J connectivity index is 1.66. The van der Waals surface area contributed by atoms with Crippen LogP contribution in [0.25, 0.3) is 0 Å². The standard InChI is InChI=1S/C17H28N4O5/c1-2-6-15(23)26-16(13-22)25-14-19-9-11-20(12-10-19)17(24)18-21-7-4-3-5-8-21/h2-12,14H2,1H3,(H,18,24). The molecule has 0 aromatic rings. The number of amides is 2. The van der Waals surface area contributed by atoms with E-state index < -0.39 is 11.9 Å². The first kappa shape index (κ1) is 20.2. The third-order valence-electron chi connectivity index (χ3n) is 4.39. The third-order valence-corrected chi connectivity index (χ3v) is 4.39. The monoisotopic (exact) mass is 368 g/mol. The van der Waals surface area contributed by atoms with Gasteiger partial charge in [-0.1, -0.05) is 13.3 Å². The van der Waals surface area contributed by atoms with Gasteiger partial charge >= 0.3 is 17.9 Å². The summed E-state index contributed by atoms with van der Waals surface area (Å²) in [7, 11) is 0. The smallest absolute Gasteiger partial charge is 0.379 e. The Kier molecular flexibility index (Phi) is 8.40. The minimum atomic E-state index is -0.509. The highest BCUT2D eigenvalue weighted by atomic mass is 16.7. The maximum absolute atomic E-state index is 12.3. The van der Waals surface area contributed by atoms with Gasteiger partial charge in [0.05, 0.1) is 0 Å². The van der Waals surface area contributed by atoms with Crippen LogP contribution in [0.2, 0.25) is 0 Å². The molecular formula is C17H28N4O5. The summed E-state index contributed by atoms with van der Waals surface area (Å²) in [6.45, 7) is 6.12. The van der Waals surface area contributed by atoms with Crippen LogP contribution >= 0.6 is 0 Å². The topological polar surface area (TPSA) is 91.4 Å². The van der Waals surface area contributed by atoms with E-state index in [-0.39, 0.29) is 19.2 Å². The zero-order valence-corrected chi connectivity index (χ0v) is 15.4. The normalized spacial score (nSPS) is 18.7. The van der Waals surface area contributed by atoms with Crippen LogP contribution in [0.4, 0.5) is 4.79 Å². The SMILES string of the molecule is CCCC(=O)OC(=C=O)OCN1CCN(C(=O)NN2CCCCC2)CC1. The molecule has 0 radical (unpaired) electrons. The van der Waals surface area contributed by atoms with E-state index in [9.17, 15) is 14.4 Å². The lowest BCUT2D eigenvalue weighted by molar-refractivity contribution is -0.146. The van der Waals surface area contributed by atoms with Crippen LogP contribution < -0.4 is 5.43 Å². The second kappa shape index (κ2) is 10.8. The molecule has 26 heavy (non-hydrogen) atoms. The van der Waals surface area contributed by atoms with E-state index in [0.717, 1.165) is 25.9 Å². The zero-order valence-electron chi connectivity index (χ0n) is 15.4. The fraction of sp³-hybridized carbons (Fsp3) is 0.765. The van der Waals surface area contributed by atoms with Crippen LogP contribution in [0.5, 0.6) is 0 Å². The number of esters is 1. The number of hydrogen-bond acceptors (Lipinski definition) is 7. The second-order valence-corrected chi connectivity index (χ2v) is 6.46. The third kappa shape index (κ3) is 6.67. The number of nitrogens with one attached hydrogen (secondary N) is 1. The summed E-state index contributed by atoms with van der Waals surface area (Å²) in [5.41, 5.74) is 2.95. The lowest BCUT2D eigenvalue weighted by atomic mass is 10.2. The second-order valence-electron chi connectivity index (χ2n) is 6.46. The molecule has 2 saturated heterocycles. The van der Waals surface area contributed by atoms with Gasteiger partial charge in [-0.25, -0.2) is 14.6 Å². The molecule has 2 aliphatic heterocycles. The van der Waals surface area contributed by atoms with Gasteiger partial charge < -0.3 is 14.4 Å². The number of piperazine rings is 1. The lowest BCUT2D eigenvalue weighted by Gasteiger charge is -2.36. The maximum atomic E-state index is 12.3. The number of nitrogens with zero attached hydrogens (tertiary/aromatic N) is 3. The van der Waals surface area contributed by atoms with E-state index in [0.29, 0.717) is 32.6 Å². The summed E-state index contributed by atoms with van der Waals surface area (Å²) in [5.74, 6) is 0.553. The van der Waals surface area contributed by atoms with Gasteiger partial charge in [0.1, 0.15) is 6.73 Å². The molecule has 146 valence electrons. The molecule has 2 fully saturated rings. The number of hydrazine groups is 1. The first-order chi connectivity index (χ1) is 12.6. The van der Waals surface area contributed by atoms with E-state index in [2.05, 4.69) is 5.43 Å². The highest BCUT2D eigenvalue weighted by Crippen LogP contribution is 2.08. The van der Waals surface area contributed by atoms with Crippen LogP contribution in [-0.2, 0) is 19.1 Å². The Morgan fingerprint density at radius 3 is 2.35 bits per heavy atom. The van der Waals surface area contributed by atoms with Crippen molar-refractivity contribution in [2.45, 2.75) is 39.0 Å². The van der Waals surface area contributed by atoms with Crippen LogP contribution in [0.3, 0.4) is 0 Å². The maximum Gasteiger partial charge on any atom is 0.379 e. The Morgan fingerprint density at radius 1 is 1.04 bits per heavy atom. The quantitative estimate of drug-likeness (QED) is 0.402. The van der Waals surface area contributed by atoms with Crippen LogP contribution in [0, 0.1) is 0 Å². The van der Waals surface area contributed by atoms with Crippen molar-refractivity contribution < 1.29 is 23.9 Å². The highest BCUT2D eigenvalue weighted by molar-refractivity contribution is 5.73. The Morgan fingerprint density at radius 2 is 1.73 bits per heavy atom. The van der Waals surface area contributed by atoms with Crippen LogP contribution in [0.15, 0.2) is 5.95 Å². The first-order valence-electron chi connectivity index (χ1n) is 9.23. The fourth-order valence-corrected chi connectivity index (χ4v) is 2.88. The van der Waals surface area contributed by atoms with E-state index >= 15 is 0 Å². The molecule has 9 heteroatoms. The van der Waals surface area contributed by atoms with Crippen LogP contribution in [-0.4, -0.2) is 78.7 Å². The molecule has 0 spiro atoms. The summed E-state index contributed by atoms with van der Waals surface area (Å²) < 4.78 is 10.0. The van der Waals surface area contributed by atoms with Gasteiger partial charge in [-0.15, -0.1) is 0 Å². The van der Waals surface area contributed by atoms with Crippen molar-refractivity contribution >= 4 is 17.9 Å². The van der Waals surface area contributed by atoms with Gasteiger partial charge in [0.2, 0.25) is 5.94 Å². The summed E-state index contributed by atoms with van der Waals surface area (Å²) in [6.07, 6.45) is 4.30. The average molecular weight is 368 g/mol. The number of ether oxygens (including phenoxy) is 2. The molecule has 2 rings (SSSR count). The summed E-state index contributed by atoms with van der Waals surface area (Å²) >= 11 is 0. The van der Waals surface area contributed by atoms with Crippen molar-refractivity contribution in [1.29, 1.82) is 0 Å². The van der Waals surface area contributed by atoms with Gasteiger partial charge in [-0.05, 0) is 19.3 Å². The molecule has 2 heterocycles. The molecule has 0 aromatic carbocycles. The number of hydrogen-bond donors (Lipinski definition) is 1. The number of rotatable bonds is 7. The van der Waals surface area contributed by atoms with Gasteiger partial charge in [-0.3, -0.25) is 15.1 Å². The predicted octanol–water partition coefficient (Wildman–Crippen LogP) is 0.705. The molecular weight excluding hydrogens is 340 g/mol. The summed E-state index contributed by atoms with van der Waals surface area (Å²) in [6, 6.07) is -0.0746.